The number of hydrogen-bond donors (Lipinski definition) is 1. The summed E-state index contributed by atoms with van der Waals surface area (Å²) in [5.41, 5.74) is 2.60. The van der Waals surface area contributed by atoms with Gasteiger partial charge in [-0.3, -0.25) is 0 Å². The maximum Gasteiger partial charge on any atom is 0.231 e. The minimum absolute atomic E-state index is 0.359. The fourth-order valence-electron chi connectivity index (χ4n) is 2.62. The average Bonchev–Trinajstić information content (AvgIpc) is 2.80. The van der Waals surface area contributed by atoms with Crippen molar-refractivity contribution in [2.24, 2.45) is 0 Å². The van der Waals surface area contributed by atoms with E-state index in [-0.39, 0.29) is 0 Å². The SMILES string of the molecule is Cc1c(C2CCCCN2)ccc2c1OCO2. The highest BCUT2D eigenvalue weighted by Crippen LogP contribution is 2.39. The topological polar surface area (TPSA) is 30.5 Å². The Labute approximate surface area is 95.8 Å². The molecule has 1 saturated heterocycles. The summed E-state index contributed by atoms with van der Waals surface area (Å²) >= 11 is 0. The van der Waals surface area contributed by atoms with E-state index in [4.69, 9.17) is 9.47 Å². The molecule has 0 bridgehead atoms. The Hall–Kier alpha value is -1.22. The molecule has 3 rings (SSSR count). The number of hydrogen-bond acceptors (Lipinski definition) is 3. The minimum Gasteiger partial charge on any atom is -0.454 e. The van der Waals surface area contributed by atoms with E-state index in [2.05, 4.69) is 18.3 Å². The van der Waals surface area contributed by atoms with Crippen LogP contribution in [0.15, 0.2) is 12.1 Å². The van der Waals surface area contributed by atoms with Crippen molar-refractivity contribution in [2.75, 3.05) is 13.3 Å². The molecule has 1 N–H and O–H groups in total. The third-order valence-corrected chi connectivity index (χ3v) is 3.52. The van der Waals surface area contributed by atoms with E-state index in [1.165, 1.54) is 30.4 Å². The van der Waals surface area contributed by atoms with Gasteiger partial charge in [0.1, 0.15) is 0 Å². The molecule has 0 aromatic heterocycles. The van der Waals surface area contributed by atoms with Crippen LogP contribution in [0.1, 0.15) is 36.4 Å². The molecule has 1 aromatic rings. The van der Waals surface area contributed by atoms with E-state index < -0.39 is 0 Å². The average molecular weight is 219 g/mol. The van der Waals surface area contributed by atoms with E-state index in [0.717, 1.165) is 18.0 Å². The zero-order chi connectivity index (χ0) is 11.0. The van der Waals surface area contributed by atoms with Crippen molar-refractivity contribution >= 4 is 0 Å². The van der Waals surface area contributed by atoms with Crippen LogP contribution in [0.2, 0.25) is 0 Å². The van der Waals surface area contributed by atoms with Crippen LogP contribution in [-0.4, -0.2) is 13.3 Å². The van der Waals surface area contributed by atoms with Gasteiger partial charge in [0.2, 0.25) is 6.79 Å². The van der Waals surface area contributed by atoms with Gasteiger partial charge in [-0.1, -0.05) is 12.5 Å². The molecule has 1 atom stereocenters. The second-order valence-electron chi connectivity index (χ2n) is 4.52. The highest BCUT2D eigenvalue weighted by atomic mass is 16.7. The Morgan fingerprint density at radius 1 is 1.25 bits per heavy atom. The molecule has 1 fully saturated rings. The maximum atomic E-state index is 5.51. The van der Waals surface area contributed by atoms with Crippen LogP contribution in [0.5, 0.6) is 11.5 Å². The standard InChI is InChI=1S/C13H17NO2/c1-9-10(11-4-2-3-7-14-11)5-6-12-13(9)16-8-15-12/h5-6,11,14H,2-4,7-8H2,1H3. The van der Waals surface area contributed by atoms with Crippen LogP contribution in [-0.2, 0) is 0 Å². The van der Waals surface area contributed by atoms with Crippen molar-refractivity contribution in [3.8, 4) is 11.5 Å². The van der Waals surface area contributed by atoms with Crippen molar-refractivity contribution in [3.05, 3.63) is 23.3 Å². The Morgan fingerprint density at radius 2 is 2.19 bits per heavy atom. The molecule has 0 amide bonds. The summed E-state index contributed by atoms with van der Waals surface area (Å²) in [5, 5.41) is 3.57. The monoisotopic (exact) mass is 219 g/mol. The summed E-state index contributed by atoms with van der Waals surface area (Å²) in [6, 6.07) is 4.69. The molecular weight excluding hydrogens is 202 g/mol. The molecule has 1 unspecified atom stereocenters. The number of rotatable bonds is 1. The lowest BCUT2D eigenvalue weighted by molar-refractivity contribution is 0.173. The van der Waals surface area contributed by atoms with Crippen molar-refractivity contribution in [1.29, 1.82) is 0 Å². The van der Waals surface area contributed by atoms with Gasteiger partial charge < -0.3 is 14.8 Å². The fourth-order valence-corrected chi connectivity index (χ4v) is 2.62. The second-order valence-corrected chi connectivity index (χ2v) is 4.52. The molecule has 0 saturated carbocycles. The molecule has 2 heterocycles. The van der Waals surface area contributed by atoms with Crippen LogP contribution < -0.4 is 14.8 Å². The Morgan fingerprint density at radius 3 is 3.00 bits per heavy atom. The van der Waals surface area contributed by atoms with Crippen LogP contribution in [0.4, 0.5) is 0 Å². The quantitative estimate of drug-likeness (QED) is 0.787. The van der Waals surface area contributed by atoms with Gasteiger partial charge in [0.25, 0.3) is 0 Å². The van der Waals surface area contributed by atoms with Crippen LogP contribution in [0.3, 0.4) is 0 Å². The van der Waals surface area contributed by atoms with Crippen LogP contribution in [0.25, 0.3) is 0 Å². The van der Waals surface area contributed by atoms with E-state index in [1.54, 1.807) is 0 Å². The Balaban J connectivity index is 1.95. The first-order valence-corrected chi connectivity index (χ1v) is 5.99. The first-order valence-electron chi connectivity index (χ1n) is 5.99. The van der Waals surface area contributed by atoms with Gasteiger partial charge in [0.05, 0.1) is 0 Å². The minimum atomic E-state index is 0.359. The van der Waals surface area contributed by atoms with E-state index in [0.29, 0.717) is 12.8 Å². The van der Waals surface area contributed by atoms with Crippen molar-refractivity contribution < 1.29 is 9.47 Å². The molecule has 0 spiro atoms. The van der Waals surface area contributed by atoms with Crippen molar-refractivity contribution in [1.82, 2.24) is 5.32 Å². The predicted octanol–water partition coefficient (Wildman–Crippen LogP) is 2.54. The molecular formula is C13H17NO2. The number of nitrogens with one attached hydrogen (secondary N) is 1. The molecule has 3 heteroatoms. The largest absolute Gasteiger partial charge is 0.454 e. The van der Waals surface area contributed by atoms with E-state index in [1.807, 2.05) is 6.07 Å². The first-order chi connectivity index (χ1) is 7.86. The van der Waals surface area contributed by atoms with Gasteiger partial charge in [-0.05, 0) is 43.5 Å². The fraction of sp³-hybridized carbons (Fsp3) is 0.538. The molecule has 16 heavy (non-hydrogen) atoms. The molecule has 2 aliphatic heterocycles. The summed E-state index contributed by atoms with van der Waals surface area (Å²) in [6.45, 7) is 3.61. The second kappa shape index (κ2) is 3.98. The third-order valence-electron chi connectivity index (χ3n) is 3.52. The van der Waals surface area contributed by atoms with Crippen molar-refractivity contribution in [3.63, 3.8) is 0 Å². The molecule has 3 nitrogen and oxygen atoms in total. The molecule has 2 aliphatic rings. The number of fused-ring (bicyclic) bond motifs is 1. The van der Waals surface area contributed by atoms with Gasteiger partial charge in [0, 0.05) is 6.04 Å². The Bertz CT molecular complexity index is 397. The summed E-state index contributed by atoms with van der Waals surface area (Å²) < 4.78 is 10.9. The summed E-state index contributed by atoms with van der Waals surface area (Å²) in [6.07, 6.45) is 3.83. The van der Waals surface area contributed by atoms with E-state index in [9.17, 15) is 0 Å². The zero-order valence-electron chi connectivity index (χ0n) is 9.58. The van der Waals surface area contributed by atoms with Crippen LogP contribution in [0, 0.1) is 6.92 Å². The van der Waals surface area contributed by atoms with Gasteiger partial charge in [-0.2, -0.15) is 0 Å². The van der Waals surface area contributed by atoms with Crippen molar-refractivity contribution in [2.45, 2.75) is 32.2 Å². The van der Waals surface area contributed by atoms with Crippen LogP contribution >= 0.6 is 0 Å². The molecule has 0 radical (unpaired) electrons. The highest BCUT2D eigenvalue weighted by Gasteiger charge is 2.23. The maximum absolute atomic E-state index is 5.51. The smallest absolute Gasteiger partial charge is 0.231 e. The van der Waals surface area contributed by atoms with E-state index >= 15 is 0 Å². The molecule has 1 aromatic carbocycles. The lowest BCUT2D eigenvalue weighted by Crippen LogP contribution is -2.27. The van der Waals surface area contributed by atoms with Gasteiger partial charge in [-0.15, -0.1) is 0 Å². The summed E-state index contributed by atoms with van der Waals surface area (Å²) in [7, 11) is 0. The van der Waals surface area contributed by atoms with Gasteiger partial charge >= 0.3 is 0 Å². The highest BCUT2D eigenvalue weighted by molar-refractivity contribution is 5.52. The molecule has 0 aliphatic carbocycles. The normalized spacial score (nSPS) is 23.4. The number of piperidine rings is 1. The number of benzene rings is 1. The van der Waals surface area contributed by atoms with Gasteiger partial charge in [0.15, 0.2) is 11.5 Å². The summed E-state index contributed by atoms with van der Waals surface area (Å²) in [5.74, 6) is 1.82. The lowest BCUT2D eigenvalue weighted by Gasteiger charge is -2.25. The zero-order valence-corrected chi connectivity index (χ0v) is 9.58. The first kappa shape index (κ1) is 9.97. The number of ether oxygens (including phenoxy) is 2. The van der Waals surface area contributed by atoms with Gasteiger partial charge in [-0.25, -0.2) is 0 Å². The summed E-state index contributed by atoms with van der Waals surface area (Å²) in [4.78, 5) is 0. The molecule has 86 valence electrons. The predicted molar refractivity (Wildman–Crippen MR) is 61.9 cm³/mol. The lowest BCUT2D eigenvalue weighted by atomic mass is 9.93. The third kappa shape index (κ3) is 1.55. The Kier molecular flexibility index (Phi) is 2.48.